The number of hydrogen-bond acceptors (Lipinski definition) is 6. The lowest BCUT2D eigenvalue weighted by Crippen LogP contribution is -2.35. The molecule has 6 unspecified atom stereocenters. The van der Waals surface area contributed by atoms with Crippen molar-refractivity contribution in [2.45, 2.75) is 64.3 Å². The van der Waals surface area contributed by atoms with E-state index in [1.54, 1.807) is 0 Å². The van der Waals surface area contributed by atoms with Gasteiger partial charge in [0.2, 0.25) is 0 Å². The third-order valence-electron chi connectivity index (χ3n) is 5.33. The van der Waals surface area contributed by atoms with Gasteiger partial charge in [-0.1, -0.05) is 13.8 Å². The molecule has 3 aliphatic rings. The minimum absolute atomic E-state index is 0.0277. The predicted molar refractivity (Wildman–Crippen MR) is 79.4 cm³/mol. The SMILES string of the molecule is CCC(C)C(=O)OCCCC(=O)OC1C2CC3C(=O)CC1C3O2. The Bertz CT molecular complexity index is 501. The summed E-state index contributed by atoms with van der Waals surface area (Å²) in [6.07, 6.45) is 2.13. The molecule has 3 rings (SSSR count). The summed E-state index contributed by atoms with van der Waals surface area (Å²) in [5.74, 6) is -0.322. The van der Waals surface area contributed by atoms with Crippen LogP contribution in [0.25, 0.3) is 0 Å². The first-order valence-electron chi connectivity index (χ1n) is 8.55. The van der Waals surface area contributed by atoms with E-state index in [2.05, 4.69) is 0 Å². The molecular weight excluding hydrogens is 300 g/mol. The average molecular weight is 324 g/mol. The highest BCUT2D eigenvalue weighted by molar-refractivity contribution is 5.85. The molecule has 0 aromatic rings. The lowest BCUT2D eigenvalue weighted by atomic mass is 9.86. The second-order valence-corrected chi connectivity index (χ2v) is 6.85. The van der Waals surface area contributed by atoms with Crippen molar-refractivity contribution in [2.24, 2.45) is 17.8 Å². The molecule has 3 fully saturated rings. The van der Waals surface area contributed by atoms with Crippen molar-refractivity contribution in [1.82, 2.24) is 0 Å². The molecule has 23 heavy (non-hydrogen) atoms. The van der Waals surface area contributed by atoms with Gasteiger partial charge in [-0.05, 0) is 19.3 Å². The maximum Gasteiger partial charge on any atom is 0.308 e. The first-order chi connectivity index (χ1) is 11.0. The lowest BCUT2D eigenvalue weighted by Gasteiger charge is -2.24. The average Bonchev–Trinajstić information content (AvgIpc) is 3.15. The number of ether oxygens (including phenoxy) is 3. The molecule has 2 aliphatic heterocycles. The zero-order valence-electron chi connectivity index (χ0n) is 13.7. The molecule has 1 aliphatic carbocycles. The molecule has 6 nitrogen and oxygen atoms in total. The first kappa shape index (κ1) is 16.4. The Morgan fingerprint density at radius 3 is 2.91 bits per heavy atom. The number of hydrogen-bond donors (Lipinski definition) is 0. The number of Topliss-reactive ketones (excluding diaryl/α,β-unsaturated/α-hetero) is 1. The summed E-state index contributed by atoms with van der Waals surface area (Å²) in [6.45, 7) is 3.98. The standard InChI is InChI=1S/C17H24O6/c1-3-9(2)17(20)21-6-4-5-14(19)23-16-11-7-12(18)10-8-13(16)22-15(10)11/h9-11,13,15-16H,3-8H2,1-2H3. The number of carbonyl (C=O) groups is 3. The molecule has 0 aromatic carbocycles. The topological polar surface area (TPSA) is 78.9 Å². The largest absolute Gasteiger partial charge is 0.465 e. The monoisotopic (exact) mass is 324 g/mol. The summed E-state index contributed by atoms with van der Waals surface area (Å²) >= 11 is 0. The third kappa shape index (κ3) is 3.13. The molecule has 2 saturated heterocycles. The number of esters is 2. The van der Waals surface area contributed by atoms with Crippen LogP contribution >= 0.6 is 0 Å². The number of rotatable bonds is 7. The third-order valence-corrected chi connectivity index (χ3v) is 5.33. The first-order valence-corrected chi connectivity index (χ1v) is 8.55. The van der Waals surface area contributed by atoms with Crippen molar-refractivity contribution in [2.75, 3.05) is 6.61 Å². The van der Waals surface area contributed by atoms with Crippen molar-refractivity contribution in [1.29, 1.82) is 0 Å². The Kier molecular flexibility index (Phi) is 4.71. The normalized spacial score (nSPS) is 35.4. The predicted octanol–water partition coefficient (Wildman–Crippen LogP) is 1.64. The van der Waals surface area contributed by atoms with Crippen LogP contribution < -0.4 is 0 Å². The van der Waals surface area contributed by atoms with Gasteiger partial charge >= 0.3 is 11.9 Å². The van der Waals surface area contributed by atoms with Gasteiger partial charge in [-0.15, -0.1) is 0 Å². The Hall–Kier alpha value is -1.43. The van der Waals surface area contributed by atoms with Crippen molar-refractivity contribution in [3.63, 3.8) is 0 Å². The minimum Gasteiger partial charge on any atom is -0.465 e. The number of carbonyl (C=O) groups excluding carboxylic acids is 3. The molecule has 1 saturated carbocycles. The van der Waals surface area contributed by atoms with Gasteiger partial charge in [-0.25, -0.2) is 0 Å². The maximum atomic E-state index is 12.0. The second-order valence-electron chi connectivity index (χ2n) is 6.85. The van der Waals surface area contributed by atoms with Gasteiger partial charge in [-0.3, -0.25) is 14.4 Å². The molecule has 2 bridgehead atoms. The molecule has 2 heterocycles. The summed E-state index contributed by atoms with van der Waals surface area (Å²) < 4.78 is 16.4. The Balaban J connectivity index is 1.38. The van der Waals surface area contributed by atoms with Gasteiger partial charge in [-0.2, -0.15) is 0 Å². The summed E-state index contributed by atoms with van der Waals surface area (Å²) in [7, 11) is 0. The van der Waals surface area contributed by atoms with E-state index >= 15 is 0 Å². The van der Waals surface area contributed by atoms with Crippen molar-refractivity contribution in [3.8, 4) is 0 Å². The van der Waals surface area contributed by atoms with E-state index in [0.717, 1.165) is 6.42 Å². The summed E-state index contributed by atoms with van der Waals surface area (Å²) in [5, 5.41) is 0. The molecule has 0 amide bonds. The Morgan fingerprint density at radius 1 is 1.39 bits per heavy atom. The Morgan fingerprint density at radius 2 is 2.17 bits per heavy atom. The molecule has 0 spiro atoms. The molecule has 128 valence electrons. The van der Waals surface area contributed by atoms with Crippen molar-refractivity contribution < 1.29 is 28.6 Å². The van der Waals surface area contributed by atoms with E-state index in [4.69, 9.17) is 14.2 Å². The summed E-state index contributed by atoms with van der Waals surface area (Å²) in [5.41, 5.74) is 0. The summed E-state index contributed by atoms with van der Waals surface area (Å²) in [6, 6.07) is 0. The van der Waals surface area contributed by atoms with Crippen LogP contribution in [0.3, 0.4) is 0 Å². The highest BCUT2D eigenvalue weighted by Crippen LogP contribution is 2.51. The van der Waals surface area contributed by atoms with Crippen LogP contribution in [0, 0.1) is 17.8 Å². The molecule has 6 heteroatoms. The van der Waals surface area contributed by atoms with E-state index in [0.29, 0.717) is 19.3 Å². The van der Waals surface area contributed by atoms with Crippen LogP contribution in [0.4, 0.5) is 0 Å². The number of ketones is 1. The molecule has 6 atom stereocenters. The van der Waals surface area contributed by atoms with Gasteiger partial charge < -0.3 is 14.2 Å². The van der Waals surface area contributed by atoms with E-state index < -0.39 is 0 Å². The highest BCUT2D eigenvalue weighted by atomic mass is 16.6. The van der Waals surface area contributed by atoms with Crippen molar-refractivity contribution >= 4 is 17.7 Å². The number of fused-ring (bicyclic) bond motifs is 1. The maximum absolute atomic E-state index is 12.0. The summed E-state index contributed by atoms with van der Waals surface area (Å²) in [4.78, 5) is 35.3. The van der Waals surface area contributed by atoms with Crippen LogP contribution in [0.5, 0.6) is 0 Å². The fourth-order valence-corrected chi connectivity index (χ4v) is 3.81. The van der Waals surface area contributed by atoms with Gasteiger partial charge in [0.15, 0.2) is 0 Å². The van der Waals surface area contributed by atoms with Gasteiger partial charge in [0.05, 0.1) is 24.7 Å². The molecule has 0 radical (unpaired) electrons. The van der Waals surface area contributed by atoms with Crippen molar-refractivity contribution in [3.05, 3.63) is 0 Å². The van der Waals surface area contributed by atoms with Crippen LogP contribution in [-0.2, 0) is 28.6 Å². The fourth-order valence-electron chi connectivity index (χ4n) is 3.81. The van der Waals surface area contributed by atoms with E-state index in [9.17, 15) is 14.4 Å². The van der Waals surface area contributed by atoms with Crippen LogP contribution in [0.2, 0.25) is 0 Å². The van der Waals surface area contributed by atoms with Crippen LogP contribution in [0.1, 0.15) is 46.0 Å². The zero-order valence-corrected chi connectivity index (χ0v) is 13.7. The van der Waals surface area contributed by atoms with E-state index in [1.807, 2.05) is 13.8 Å². The molecular formula is C17H24O6. The molecule has 0 N–H and O–H groups in total. The minimum atomic E-state index is -0.304. The van der Waals surface area contributed by atoms with E-state index in [1.165, 1.54) is 0 Å². The lowest BCUT2D eigenvalue weighted by molar-refractivity contribution is -0.155. The zero-order chi connectivity index (χ0) is 16.6. The Labute approximate surface area is 135 Å². The quantitative estimate of drug-likeness (QED) is 0.523. The van der Waals surface area contributed by atoms with Gasteiger partial charge in [0.1, 0.15) is 11.9 Å². The highest BCUT2D eigenvalue weighted by Gasteiger charge is 2.62. The second kappa shape index (κ2) is 6.59. The molecule has 0 aromatic heterocycles. The van der Waals surface area contributed by atoms with Crippen LogP contribution in [0.15, 0.2) is 0 Å². The van der Waals surface area contributed by atoms with Crippen LogP contribution in [-0.4, -0.2) is 42.6 Å². The van der Waals surface area contributed by atoms with Gasteiger partial charge in [0, 0.05) is 24.7 Å². The smallest absolute Gasteiger partial charge is 0.308 e. The fraction of sp³-hybridized carbons (Fsp3) is 0.824. The van der Waals surface area contributed by atoms with Gasteiger partial charge in [0.25, 0.3) is 0 Å². The van der Waals surface area contributed by atoms with E-state index in [-0.39, 0.29) is 66.8 Å².